The second-order valence-electron chi connectivity index (χ2n) is 6.17. The van der Waals surface area contributed by atoms with Gasteiger partial charge in [-0.05, 0) is 35.9 Å². The molecule has 1 atom stereocenters. The summed E-state index contributed by atoms with van der Waals surface area (Å²) in [5.41, 5.74) is 1.06. The third kappa shape index (κ3) is 5.97. The number of benzene rings is 1. The van der Waals surface area contributed by atoms with Gasteiger partial charge in [-0.15, -0.1) is 0 Å². The monoisotopic (exact) mass is 414 g/mol. The predicted molar refractivity (Wildman–Crippen MR) is 104 cm³/mol. The van der Waals surface area contributed by atoms with E-state index in [0.717, 1.165) is 17.1 Å². The first-order valence-electron chi connectivity index (χ1n) is 8.21. The summed E-state index contributed by atoms with van der Waals surface area (Å²) in [6.07, 6.45) is 0.190. The van der Waals surface area contributed by atoms with Gasteiger partial charge in [0.25, 0.3) is 5.91 Å². The minimum Gasteiger partial charge on any atom is -0.447 e. The van der Waals surface area contributed by atoms with Crippen LogP contribution in [0.25, 0.3) is 0 Å². The Morgan fingerprint density at radius 2 is 1.92 bits per heavy atom. The molecule has 5 nitrogen and oxygen atoms in total. The lowest BCUT2D eigenvalue weighted by molar-refractivity contribution is -0.130. The number of hydrogen-bond acceptors (Lipinski definition) is 5. The summed E-state index contributed by atoms with van der Waals surface area (Å²) in [6.45, 7) is 4.35. The Morgan fingerprint density at radius 1 is 1.23 bits per heavy atom. The Balaban J connectivity index is 1.95. The second kappa shape index (κ2) is 9.90. The molecule has 140 valence electrons. The summed E-state index contributed by atoms with van der Waals surface area (Å²) in [7, 11) is 0. The van der Waals surface area contributed by atoms with Gasteiger partial charge >= 0.3 is 5.97 Å². The molecule has 0 radical (unpaired) electrons. The molecule has 0 saturated carbocycles. The van der Waals surface area contributed by atoms with Crippen molar-refractivity contribution in [2.24, 2.45) is 5.92 Å². The van der Waals surface area contributed by atoms with Crippen molar-refractivity contribution in [3.63, 3.8) is 0 Å². The lowest BCUT2D eigenvalue weighted by Crippen LogP contribution is -2.39. The van der Waals surface area contributed by atoms with Gasteiger partial charge in [0.05, 0.1) is 0 Å². The van der Waals surface area contributed by atoms with E-state index in [2.05, 4.69) is 9.69 Å². The molecule has 8 heteroatoms. The van der Waals surface area contributed by atoms with Crippen molar-refractivity contribution in [2.45, 2.75) is 32.8 Å². The lowest BCUT2D eigenvalue weighted by Gasteiger charge is -2.19. The molecule has 0 bridgehead atoms. The van der Waals surface area contributed by atoms with E-state index in [1.165, 1.54) is 0 Å². The largest absolute Gasteiger partial charge is 0.447 e. The quantitative estimate of drug-likeness (QED) is 0.650. The molecular formula is C18H20Cl2N2O3S. The third-order valence-electron chi connectivity index (χ3n) is 3.57. The summed E-state index contributed by atoms with van der Waals surface area (Å²) in [4.78, 5) is 24.7. The highest BCUT2D eigenvalue weighted by molar-refractivity contribution is 7.11. The topological polar surface area (TPSA) is 68.3 Å². The molecule has 0 aliphatic heterocycles. The molecule has 1 aromatic heterocycles. The first-order chi connectivity index (χ1) is 12.4. The van der Waals surface area contributed by atoms with Crippen LogP contribution in [0.2, 0.25) is 9.36 Å². The Labute approximate surface area is 166 Å². The number of ether oxygens (including phenoxy) is 1. The highest BCUT2D eigenvalue weighted by Crippen LogP contribution is 2.30. The van der Waals surface area contributed by atoms with Crippen LogP contribution in [0.3, 0.4) is 0 Å². The van der Waals surface area contributed by atoms with Gasteiger partial charge in [-0.1, -0.05) is 67.4 Å². The lowest BCUT2D eigenvalue weighted by atomic mass is 10.1. The standard InChI is InChI=1S/C18H20Cl2N2O3S/c1-11(2)10-13(25-18(24)15-14(19)16(20)26-22-15)17(23)21-9-8-12-6-4-3-5-7-12/h3-7,11,13H,8-10H2,1-2H3,(H,21,23). The van der Waals surface area contributed by atoms with Gasteiger partial charge in [0.1, 0.15) is 9.36 Å². The van der Waals surface area contributed by atoms with E-state index < -0.39 is 12.1 Å². The van der Waals surface area contributed by atoms with Crippen molar-refractivity contribution in [1.82, 2.24) is 9.69 Å². The summed E-state index contributed by atoms with van der Waals surface area (Å²) in [6, 6.07) is 9.82. The summed E-state index contributed by atoms with van der Waals surface area (Å²) >= 11 is 12.7. The number of carbonyl (C=O) groups is 2. The fourth-order valence-electron chi connectivity index (χ4n) is 2.30. The van der Waals surface area contributed by atoms with E-state index in [9.17, 15) is 9.59 Å². The minimum absolute atomic E-state index is 0.0504. The number of nitrogens with one attached hydrogen (secondary N) is 1. The Morgan fingerprint density at radius 3 is 2.50 bits per heavy atom. The van der Waals surface area contributed by atoms with Crippen molar-refractivity contribution in [3.05, 3.63) is 50.9 Å². The maximum atomic E-state index is 12.5. The number of hydrogen-bond donors (Lipinski definition) is 1. The molecule has 1 heterocycles. The van der Waals surface area contributed by atoms with E-state index in [4.69, 9.17) is 27.9 Å². The first kappa shape index (κ1) is 20.7. The van der Waals surface area contributed by atoms with Crippen molar-refractivity contribution < 1.29 is 14.3 Å². The number of rotatable bonds is 8. The molecule has 2 aromatic rings. The fourth-order valence-corrected chi connectivity index (χ4v) is 3.28. The smallest absolute Gasteiger partial charge is 0.360 e. The molecule has 1 unspecified atom stereocenters. The predicted octanol–water partition coefficient (Wildman–Crippen LogP) is 4.38. The van der Waals surface area contributed by atoms with Crippen LogP contribution in [0.5, 0.6) is 0 Å². The van der Waals surface area contributed by atoms with Crippen molar-refractivity contribution in [3.8, 4) is 0 Å². The van der Waals surface area contributed by atoms with E-state index in [1.54, 1.807) is 0 Å². The van der Waals surface area contributed by atoms with Crippen LogP contribution in [0.1, 0.15) is 36.3 Å². The highest BCUT2D eigenvalue weighted by atomic mass is 35.5. The molecule has 0 fully saturated rings. The zero-order valence-corrected chi connectivity index (χ0v) is 16.8. The highest BCUT2D eigenvalue weighted by Gasteiger charge is 2.27. The Bertz CT molecular complexity index is 750. The molecule has 0 aliphatic carbocycles. The molecule has 1 amide bonds. The molecule has 0 spiro atoms. The second-order valence-corrected chi connectivity index (χ2v) is 7.92. The zero-order chi connectivity index (χ0) is 19.1. The Kier molecular flexibility index (Phi) is 7.87. The third-order valence-corrected chi connectivity index (χ3v) is 5.18. The van der Waals surface area contributed by atoms with Gasteiger partial charge in [0.15, 0.2) is 11.8 Å². The van der Waals surface area contributed by atoms with Crippen molar-refractivity contribution in [2.75, 3.05) is 6.54 Å². The number of halogens is 2. The summed E-state index contributed by atoms with van der Waals surface area (Å²) in [5.74, 6) is -0.912. The number of amides is 1. The van der Waals surface area contributed by atoms with Gasteiger partial charge in [-0.2, -0.15) is 4.37 Å². The van der Waals surface area contributed by atoms with Crippen LogP contribution in [0.15, 0.2) is 30.3 Å². The number of nitrogens with zero attached hydrogens (tertiary/aromatic N) is 1. The van der Waals surface area contributed by atoms with Gasteiger partial charge < -0.3 is 10.1 Å². The zero-order valence-electron chi connectivity index (χ0n) is 14.5. The van der Waals surface area contributed by atoms with Crippen LogP contribution < -0.4 is 5.32 Å². The molecular weight excluding hydrogens is 395 g/mol. The molecule has 1 aromatic carbocycles. The maximum Gasteiger partial charge on any atom is 0.360 e. The van der Waals surface area contributed by atoms with E-state index in [0.29, 0.717) is 19.4 Å². The maximum absolute atomic E-state index is 12.5. The van der Waals surface area contributed by atoms with E-state index in [-0.39, 0.29) is 26.9 Å². The molecule has 0 aliphatic rings. The fraction of sp³-hybridized carbons (Fsp3) is 0.389. The Hall–Kier alpha value is -1.63. The van der Waals surface area contributed by atoms with Crippen LogP contribution in [0, 0.1) is 5.92 Å². The van der Waals surface area contributed by atoms with Crippen LogP contribution in [-0.2, 0) is 16.0 Å². The van der Waals surface area contributed by atoms with Crippen molar-refractivity contribution >= 4 is 46.6 Å². The SMILES string of the molecule is CC(C)CC(OC(=O)c1nsc(Cl)c1Cl)C(=O)NCCc1ccccc1. The number of esters is 1. The van der Waals surface area contributed by atoms with Gasteiger partial charge in [-0.3, -0.25) is 4.79 Å². The van der Waals surface area contributed by atoms with Gasteiger partial charge in [0.2, 0.25) is 0 Å². The average molecular weight is 415 g/mol. The summed E-state index contributed by atoms with van der Waals surface area (Å²) in [5, 5.41) is 2.87. The number of carbonyl (C=O) groups excluding carboxylic acids is 2. The van der Waals surface area contributed by atoms with Crippen LogP contribution >= 0.6 is 34.7 Å². The van der Waals surface area contributed by atoms with Crippen LogP contribution in [-0.4, -0.2) is 28.9 Å². The summed E-state index contributed by atoms with van der Waals surface area (Å²) < 4.78 is 9.45. The van der Waals surface area contributed by atoms with Gasteiger partial charge in [0, 0.05) is 6.54 Å². The van der Waals surface area contributed by atoms with Crippen LogP contribution in [0.4, 0.5) is 0 Å². The van der Waals surface area contributed by atoms with Gasteiger partial charge in [-0.25, -0.2) is 4.79 Å². The normalized spacial score (nSPS) is 12.0. The van der Waals surface area contributed by atoms with Crippen molar-refractivity contribution in [1.29, 1.82) is 0 Å². The first-order valence-corrected chi connectivity index (χ1v) is 9.74. The molecule has 0 saturated heterocycles. The molecule has 26 heavy (non-hydrogen) atoms. The minimum atomic E-state index is -0.908. The molecule has 2 rings (SSSR count). The van der Waals surface area contributed by atoms with E-state index >= 15 is 0 Å². The van der Waals surface area contributed by atoms with E-state index in [1.807, 2.05) is 44.2 Å². The number of aromatic nitrogens is 1. The average Bonchev–Trinajstić information content (AvgIpc) is 2.94. The molecule has 1 N–H and O–H groups in total.